The highest BCUT2D eigenvalue weighted by atomic mass is 35.5. The SMILES string of the molecule is Cl.Cl.Cl.Cn1cc(N2CCC(N)CC2)cn1. The molecule has 2 heterocycles. The first kappa shape index (κ1) is 18.2. The van der Waals surface area contributed by atoms with Crippen molar-refractivity contribution in [3.05, 3.63) is 12.4 Å². The van der Waals surface area contributed by atoms with Gasteiger partial charge in [-0.3, -0.25) is 4.68 Å². The van der Waals surface area contributed by atoms with Crippen molar-refractivity contribution < 1.29 is 0 Å². The lowest BCUT2D eigenvalue weighted by Crippen LogP contribution is -2.39. The van der Waals surface area contributed by atoms with Gasteiger partial charge in [0.2, 0.25) is 0 Å². The minimum Gasteiger partial charge on any atom is -0.369 e. The summed E-state index contributed by atoms with van der Waals surface area (Å²) in [6.45, 7) is 2.12. The molecule has 0 aliphatic carbocycles. The predicted molar refractivity (Wildman–Crippen MR) is 74.4 cm³/mol. The standard InChI is InChI=1S/C9H16N4.3ClH/c1-12-7-9(6-11-12)13-4-2-8(10)3-5-13;;;/h6-8H,2-5,10H2,1H3;3*1H. The van der Waals surface area contributed by atoms with E-state index in [2.05, 4.69) is 16.2 Å². The minimum atomic E-state index is 0. The molecule has 96 valence electrons. The van der Waals surface area contributed by atoms with Crippen LogP contribution in [0, 0.1) is 0 Å². The smallest absolute Gasteiger partial charge is 0.0752 e. The van der Waals surface area contributed by atoms with Gasteiger partial charge in [0.05, 0.1) is 11.9 Å². The topological polar surface area (TPSA) is 47.1 Å². The molecule has 7 heteroatoms. The van der Waals surface area contributed by atoms with Crippen molar-refractivity contribution in [2.75, 3.05) is 18.0 Å². The zero-order valence-electron chi connectivity index (χ0n) is 9.20. The van der Waals surface area contributed by atoms with E-state index in [0.29, 0.717) is 6.04 Å². The number of nitrogens with zero attached hydrogens (tertiary/aromatic N) is 3. The van der Waals surface area contributed by atoms with E-state index in [0.717, 1.165) is 25.9 Å². The average Bonchev–Trinajstić information content (AvgIpc) is 2.53. The molecule has 0 unspecified atom stereocenters. The summed E-state index contributed by atoms with van der Waals surface area (Å²) in [5.41, 5.74) is 7.05. The molecule has 1 saturated heterocycles. The molecule has 1 aromatic rings. The Morgan fingerprint density at radius 2 is 1.81 bits per heavy atom. The number of hydrogen-bond acceptors (Lipinski definition) is 3. The number of rotatable bonds is 1. The first-order valence-electron chi connectivity index (χ1n) is 4.75. The maximum atomic E-state index is 5.83. The Labute approximate surface area is 115 Å². The maximum absolute atomic E-state index is 5.83. The molecule has 0 spiro atoms. The molecular formula is C9H19Cl3N4. The van der Waals surface area contributed by atoms with E-state index < -0.39 is 0 Å². The zero-order chi connectivity index (χ0) is 9.26. The summed E-state index contributed by atoms with van der Waals surface area (Å²) in [7, 11) is 1.94. The zero-order valence-corrected chi connectivity index (χ0v) is 11.7. The fraction of sp³-hybridized carbons (Fsp3) is 0.667. The van der Waals surface area contributed by atoms with Gasteiger partial charge in [0.25, 0.3) is 0 Å². The Morgan fingerprint density at radius 3 is 2.25 bits per heavy atom. The van der Waals surface area contributed by atoms with Crippen LogP contribution in [0.25, 0.3) is 0 Å². The summed E-state index contributed by atoms with van der Waals surface area (Å²) >= 11 is 0. The molecule has 2 N–H and O–H groups in total. The van der Waals surface area contributed by atoms with Crippen LogP contribution in [-0.2, 0) is 7.05 Å². The van der Waals surface area contributed by atoms with Crippen molar-refractivity contribution in [3.63, 3.8) is 0 Å². The van der Waals surface area contributed by atoms with Crippen LogP contribution in [-0.4, -0.2) is 28.9 Å². The van der Waals surface area contributed by atoms with Crippen LogP contribution in [0.15, 0.2) is 12.4 Å². The number of aromatic nitrogens is 2. The third kappa shape index (κ3) is 4.37. The van der Waals surface area contributed by atoms with E-state index in [1.807, 2.05) is 17.9 Å². The largest absolute Gasteiger partial charge is 0.369 e. The van der Waals surface area contributed by atoms with Crippen molar-refractivity contribution in [2.24, 2.45) is 12.8 Å². The van der Waals surface area contributed by atoms with Gasteiger partial charge in [0.15, 0.2) is 0 Å². The first-order valence-corrected chi connectivity index (χ1v) is 4.75. The molecular weight excluding hydrogens is 270 g/mol. The molecule has 1 fully saturated rings. The second-order valence-corrected chi connectivity index (χ2v) is 3.70. The van der Waals surface area contributed by atoms with E-state index in [9.17, 15) is 0 Å². The predicted octanol–water partition coefficient (Wildman–Crippen LogP) is 1.61. The molecule has 16 heavy (non-hydrogen) atoms. The second kappa shape index (κ2) is 8.01. The Balaban J connectivity index is 0. The molecule has 2 rings (SSSR count). The van der Waals surface area contributed by atoms with Gasteiger partial charge in [0, 0.05) is 32.4 Å². The number of nitrogens with two attached hydrogens (primary N) is 1. The summed E-state index contributed by atoms with van der Waals surface area (Å²) in [5.74, 6) is 0. The van der Waals surface area contributed by atoms with Gasteiger partial charge in [-0.25, -0.2) is 0 Å². The lowest BCUT2D eigenvalue weighted by Gasteiger charge is -2.30. The number of aryl methyl sites for hydroxylation is 1. The Hall–Kier alpha value is -0.160. The normalized spacial score (nSPS) is 15.8. The maximum Gasteiger partial charge on any atom is 0.0752 e. The van der Waals surface area contributed by atoms with E-state index in [1.165, 1.54) is 5.69 Å². The van der Waals surface area contributed by atoms with Gasteiger partial charge in [-0.05, 0) is 12.8 Å². The number of piperidine rings is 1. The average molecular weight is 290 g/mol. The van der Waals surface area contributed by atoms with Gasteiger partial charge >= 0.3 is 0 Å². The third-order valence-electron chi connectivity index (χ3n) is 2.60. The van der Waals surface area contributed by atoms with E-state index >= 15 is 0 Å². The molecule has 4 nitrogen and oxygen atoms in total. The van der Waals surface area contributed by atoms with Crippen LogP contribution >= 0.6 is 37.2 Å². The van der Waals surface area contributed by atoms with Crippen molar-refractivity contribution in [1.29, 1.82) is 0 Å². The molecule has 1 aromatic heterocycles. The minimum absolute atomic E-state index is 0. The fourth-order valence-corrected chi connectivity index (χ4v) is 1.73. The van der Waals surface area contributed by atoms with E-state index in [1.54, 1.807) is 0 Å². The van der Waals surface area contributed by atoms with Gasteiger partial charge in [-0.15, -0.1) is 37.2 Å². The van der Waals surface area contributed by atoms with Crippen molar-refractivity contribution in [2.45, 2.75) is 18.9 Å². The van der Waals surface area contributed by atoms with Crippen LogP contribution in [0.3, 0.4) is 0 Å². The number of hydrogen-bond donors (Lipinski definition) is 1. The van der Waals surface area contributed by atoms with Crippen LogP contribution in [0.4, 0.5) is 5.69 Å². The number of halogens is 3. The molecule has 1 aliphatic heterocycles. The molecule has 0 atom stereocenters. The van der Waals surface area contributed by atoms with Gasteiger partial charge in [0.1, 0.15) is 0 Å². The van der Waals surface area contributed by atoms with Crippen LogP contribution in [0.2, 0.25) is 0 Å². The Morgan fingerprint density at radius 1 is 1.25 bits per heavy atom. The highest BCUT2D eigenvalue weighted by molar-refractivity contribution is 5.86. The molecule has 0 radical (unpaired) electrons. The Kier molecular flexibility index (Phi) is 9.12. The van der Waals surface area contributed by atoms with Crippen LogP contribution < -0.4 is 10.6 Å². The van der Waals surface area contributed by atoms with Gasteiger partial charge < -0.3 is 10.6 Å². The van der Waals surface area contributed by atoms with E-state index in [4.69, 9.17) is 5.73 Å². The van der Waals surface area contributed by atoms with Crippen molar-refractivity contribution in [1.82, 2.24) is 9.78 Å². The van der Waals surface area contributed by atoms with Gasteiger partial charge in [-0.1, -0.05) is 0 Å². The highest BCUT2D eigenvalue weighted by Crippen LogP contribution is 2.17. The first-order chi connectivity index (χ1) is 6.25. The van der Waals surface area contributed by atoms with Crippen LogP contribution in [0.5, 0.6) is 0 Å². The van der Waals surface area contributed by atoms with E-state index in [-0.39, 0.29) is 37.2 Å². The van der Waals surface area contributed by atoms with Crippen LogP contribution in [0.1, 0.15) is 12.8 Å². The van der Waals surface area contributed by atoms with Gasteiger partial charge in [-0.2, -0.15) is 5.10 Å². The monoisotopic (exact) mass is 288 g/mol. The highest BCUT2D eigenvalue weighted by Gasteiger charge is 2.16. The molecule has 0 amide bonds. The summed E-state index contributed by atoms with van der Waals surface area (Å²) in [6, 6.07) is 0.396. The third-order valence-corrected chi connectivity index (χ3v) is 2.60. The fourth-order valence-electron chi connectivity index (χ4n) is 1.73. The van der Waals surface area contributed by atoms with Crippen molar-refractivity contribution in [3.8, 4) is 0 Å². The summed E-state index contributed by atoms with van der Waals surface area (Å²) in [5, 5.41) is 4.15. The van der Waals surface area contributed by atoms with Crippen molar-refractivity contribution >= 4 is 42.9 Å². The lowest BCUT2D eigenvalue weighted by molar-refractivity contribution is 0.501. The lowest BCUT2D eigenvalue weighted by atomic mass is 10.1. The second-order valence-electron chi connectivity index (χ2n) is 3.70. The summed E-state index contributed by atoms with van der Waals surface area (Å²) < 4.78 is 1.84. The molecule has 1 aliphatic rings. The molecule has 0 aromatic carbocycles. The Bertz CT molecular complexity index is 284. The quantitative estimate of drug-likeness (QED) is 0.854. The molecule has 0 saturated carbocycles. The summed E-state index contributed by atoms with van der Waals surface area (Å²) in [4.78, 5) is 2.34. The number of anilines is 1. The molecule has 0 bridgehead atoms. The summed E-state index contributed by atoms with van der Waals surface area (Å²) in [6.07, 6.45) is 6.15.